The second-order valence-electron chi connectivity index (χ2n) is 3.98. The van der Waals surface area contributed by atoms with Crippen LogP contribution in [0.25, 0.3) is 5.69 Å². The quantitative estimate of drug-likeness (QED) is 0.787. The Morgan fingerprint density at radius 1 is 1.40 bits per heavy atom. The van der Waals surface area contributed by atoms with Crippen molar-refractivity contribution in [2.45, 2.75) is 19.4 Å². The van der Waals surface area contributed by atoms with Crippen molar-refractivity contribution in [3.63, 3.8) is 0 Å². The molecule has 0 radical (unpaired) electrons. The van der Waals surface area contributed by atoms with Crippen molar-refractivity contribution in [2.75, 3.05) is 7.05 Å². The summed E-state index contributed by atoms with van der Waals surface area (Å²) in [6.07, 6.45) is 7.27. The average molecular weight is 205 g/mol. The molecule has 2 aromatic rings. The molecule has 0 aliphatic heterocycles. The second kappa shape index (κ2) is 3.51. The van der Waals surface area contributed by atoms with E-state index in [9.17, 15) is 0 Å². The van der Waals surface area contributed by atoms with Crippen LogP contribution >= 0.6 is 0 Å². The van der Waals surface area contributed by atoms with Crippen molar-refractivity contribution in [3.05, 3.63) is 30.6 Å². The number of hydrogen-bond donors (Lipinski definition) is 2. The molecule has 15 heavy (non-hydrogen) atoms. The molecule has 2 aromatic heterocycles. The first-order chi connectivity index (χ1) is 7.15. The molecule has 0 bridgehead atoms. The van der Waals surface area contributed by atoms with Crippen molar-refractivity contribution in [3.8, 4) is 5.69 Å². The summed E-state index contributed by atoms with van der Waals surface area (Å²) in [5, 5.41) is 9.98. The fraction of sp³-hybridized carbons (Fsp3) is 0.400. The molecular formula is C10H15N5. The number of nitrogens with one attached hydrogen (secondary N) is 2. The number of hydrogen-bond acceptors (Lipinski definition) is 3. The minimum atomic E-state index is -0.117. The summed E-state index contributed by atoms with van der Waals surface area (Å²) in [5.41, 5.74) is 1.98. The van der Waals surface area contributed by atoms with E-state index in [0.717, 1.165) is 11.4 Å². The van der Waals surface area contributed by atoms with E-state index in [4.69, 9.17) is 0 Å². The molecule has 0 saturated heterocycles. The standard InChI is InChI=1S/C10H15N5/c1-10(2,11-3)9-6-12-7-15(9)8-4-13-14-5-8/h4-7,11H,1-3H3,(H,13,14). The van der Waals surface area contributed by atoms with Gasteiger partial charge in [-0.05, 0) is 20.9 Å². The number of imidazole rings is 1. The number of H-pyrrole nitrogens is 1. The molecule has 2 heterocycles. The summed E-state index contributed by atoms with van der Waals surface area (Å²) in [6.45, 7) is 4.22. The van der Waals surface area contributed by atoms with Gasteiger partial charge in [0.25, 0.3) is 0 Å². The maximum absolute atomic E-state index is 4.17. The number of aromatic amines is 1. The molecular weight excluding hydrogens is 190 g/mol. The van der Waals surface area contributed by atoms with Crippen LogP contribution in [0, 0.1) is 0 Å². The van der Waals surface area contributed by atoms with Crippen LogP contribution in [0.3, 0.4) is 0 Å². The first-order valence-electron chi connectivity index (χ1n) is 4.86. The fourth-order valence-corrected chi connectivity index (χ4v) is 1.47. The Labute approximate surface area is 88.5 Å². The van der Waals surface area contributed by atoms with Crippen molar-refractivity contribution in [1.82, 2.24) is 25.1 Å². The Bertz CT molecular complexity index is 426. The van der Waals surface area contributed by atoms with Gasteiger partial charge in [-0.1, -0.05) is 0 Å². The molecule has 0 atom stereocenters. The van der Waals surface area contributed by atoms with Gasteiger partial charge in [-0.15, -0.1) is 0 Å². The van der Waals surface area contributed by atoms with Gasteiger partial charge in [-0.25, -0.2) is 4.98 Å². The number of aromatic nitrogens is 4. The van der Waals surface area contributed by atoms with Crippen molar-refractivity contribution < 1.29 is 0 Å². The average Bonchev–Trinajstić information content (AvgIpc) is 2.87. The van der Waals surface area contributed by atoms with Gasteiger partial charge in [0.2, 0.25) is 0 Å². The largest absolute Gasteiger partial charge is 0.310 e. The maximum Gasteiger partial charge on any atom is 0.0995 e. The molecule has 0 saturated carbocycles. The molecule has 2 rings (SSSR count). The topological polar surface area (TPSA) is 58.5 Å². The molecule has 0 amide bonds. The Morgan fingerprint density at radius 2 is 2.20 bits per heavy atom. The van der Waals surface area contributed by atoms with Gasteiger partial charge in [-0.2, -0.15) is 5.10 Å². The molecule has 0 aliphatic rings. The smallest absolute Gasteiger partial charge is 0.0995 e. The fourth-order valence-electron chi connectivity index (χ4n) is 1.47. The van der Waals surface area contributed by atoms with Crippen LogP contribution in [0.1, 0.15) is 19.5 Å². The highest BCUT2D eigenvalue weighted by atomic mass is 15.2. The first kappa shape index (κ1) is 9.92. The van der Waals surface area contributed by atoms with E-state index in [0.29, 0.717) is 0 Å². The Kier molecular flexibility index (Phi) is 2.32. The van der Waals surface area contributed by atoms with Crippen LogP contribution in [-0.4, -0.2) is 26.8 Å². The second-order valence-corrected chi connectivity index (χ2v) is 3.98. The van der Waals surface area contributed by atoms with Crippen molar-refractivity contribution in [1.29, 1.82) is 0 Å². The van der Waals surface area contributed by atoms with Crippen LogP contribution in [0.2, 0.25) is 0 Å². The summed E-state index contributed by atoms with van der Waals surface area (Å²) in [4.78, 5) is 4.17. The summed E-state index contributed by atoms with van der Waals surface area (Å²) in [5.74, 6) is 0. The predicted molar refractivity (Wildman–Crippen MR) is 57.8 cm³/mol. The van der Waals surface area contributed by atoms with E-state index >= 15 is 0 Å². The highest BCUT2D eigenvalue weighted by Gasteiger charge is 2.22. The zero-order valence-electron chi connectivity index (χ0n) is 9.15. The van der Waals surface area contributed by atoms with Gasteiger partial charge < -0.3 is 5.32 Å². The SMILES string of the molecule is CNC(C)(C)c1cncn1-c1cn[nH]c1. The molecule has 2 N–H and O–H groups in total. The van der Waals surface area contributed by atoms with Crippen molar-refractivity contribution in [2.24, 2.45) is 0 Å². The van der Waals surface area contributed by atoms with Gasteiger partial charge in [0.05, 0.1) is 35.6 Å². The lowest BCUT2D eigenvalue weighted by atomic mass is 10.0. The van der Waals surface area contributed by atoms with Crippen molar-refractivity contribution >= 4 is 0 Å². The number of nitrogens with zero attached hydrogens (tertiary/aromatic N) is 3. The molecule has 5 nitrogen and oxygen atoms in total. The monoisotopic (exact) mass is 205 g/mol. The summed E-state index contributed by atoms with van der Waals surface area (Å²) >= 11 is 0. The lowest BCUT2D eigenvalue weighted by Crippen LogP contribution is -2.35. The van der Waals surface area contributed by atoms with Gasteiger partial charge in [-0.3, -0.25) is 9.67 Å². The van der Waals surface area contributed by atoms with E-state index in [2.05, 4.69) is 34.3 Å². The van der Waals surface area contributed by atoms with E-state index in [1.165, 1.54) is 0 Å². The third-order valence-corrected chi connectivity index (χ3v) is 2.67. The highest BCUT2D eigenvalue weighted by molar-refractivity contribution is 5.30. The van der Waals surface area contributed by atoms with Crippen LogP contribution in [0.4, 0.5) is 0 Å². The molecule has 0 aromatic carbocycles. The molecule has 0 aliphatic carbocycles. The number of rotatable bonds is 3. The van der Waals surface area contributed by atoms with Gasteiger partial charge in [0, 0.05) is 6.20 Å². The van der Waals surface area contributed by atoms with E-state index < -0.39 is 0 Å². The highest BCUT2D eigenvalue weighted by Crippen LogP contribution is 2.21. The molecule has 0 fully saturated rings. The normalized spacial score (nSPS) is 11.9. The zero-order chi connectivity index (χ0) is 10.9. The van der Waals surface area contributed by atoms with E-state index in [1.54, 1.807) is 12.5 Å². The van der Waals surface area contributed by atoms with E-state index in [-0.39, 0.29) is 5.54 Å². The lowest BCUT2D eigenvalue weighted by Gasteiger charge is -2.24. The lowest BCUT2D eigenvalue weighted by molar-refractivity contribution is 0.425. The molecule has 0 unspecified atom stereocenters. The summed E-state index contributed by atoms with van der Waals surface area (Å²) in [7, 11) is 1.94. The van der Waals surface area contributed by atoms with Crippen LogP contribution < -0.4 is 5.32 Å². The summed E-state index contributed by atoms with van der Waals surface area (Å²) in [6, 6.07) is 0. The maximum atomic E-state index is 4.17. The van der Waals surface area contributed by atoms with Gasteiger partial charge >= 0.3 is 0 Å². The van der Waals surface area contributed by atoms with Crippen LogP contribution in [0.5, 0.6) is 0 Å². The van der Waals surface area contributed by atoms with Crippen LogP contribution in [0.15, 0.2) is 24.9 Å². The Hall–Kier alpha value is -1.62. The zero-order valence-corrected chi connectivity index (χ0v) is 9.15. The third kappa shape index (κ3) is 1.66. The first-order valence-corrected chi connectivity index (χ1v) is 4.86. The Morgan fingerprint density at radius 3 is 2.80 bits per heavy atom. The Balaban J connectivity index is 2.47. The molecule has 0 spiro atoms. The predicted octanol–water partition coefficient (Wildman–Crippen LogP) is 1.05. The summed E-state index contributed by atoms with van der Waals surface area (Å²) < 4.78 is 2.01. The van der Waals surface area contributed by atoms with Gasteiger partial charge in [0.15, 0.2) is 0 Å². The minimum Gasteiger partial charge on any atom is -0.310 e. The molecule has 80 valence electrons. The van der Waals surface area contributed by atoms with Gasteiger partial charge in [0.1, 0.15) is 0 Å². The molecule has 5 heteroatoms. The van der Waals surface area contributed by atoms with E-state index in [1.807, 2.05) is 24.0 Å². The third-order valence-electron chi connectivity index (χ3n) is 2.67. The minimum absolute atomic E-state index is 0.117. The van der Waals surface area contributed by atoms with Crippen LogP contribution in [-0.2, 0) is 5.54 Å².